The summed E-state index contributed by atoms with van der Waals surface area (Å²) in [4.78, 5) is 2.05. The van der Waals surface area contributed by atoms with E-state index in [1.54, 1.807) is 6.07 Å². The molecule has 1 heterocycles. The van der Waals surface area contributed by atoms with Crippen LogP contribution >= 0.6 is 0 Å². The van der Waals surface area contributed by atoms with Gasteiger partial charge in [0.25, 0.3) is 0 Å². The van der Waals surface area contributed by atoms with Crippen LogP contribution in [-0.4, -0.2) is 25.8 Å². The summed E-state index contributed by atoms with van der Waals surface area (Å²) >= 11 is 0. The minimum atomic E-state index is -4.36. The Morgan fingerprint density at radius 2 is 2.15 bits per heavy atom. The molecule has 1 aliphatic rings. The van der Waals surface area contributed by atoms with Crippen molar-refractivity contribution in [1.82, 2.24) is 0 Å². The third-order valence-corrected chi connectivity index (χ3v) is 3.57. The predicted octanol–water partition coefficient (Wildman–Crippen LogP) is 2.78. The van der Waals surface area contributed by atoms with Crippen molar-refractivity contribution in [3.05, 3.63) is 29.3 Å². The van der Waals surface area contributed by atoms with Crippen LogP contribution in [0.5, 0.6) is 0 Å². The van der Waals surface area contributed by atoms with Gasteiger partial charge in [0.05, 0.1) is 18.3 Å². The summed E-state index contributed by atoms with van der Waals surface area (Å²) in [6.45, 7) is 3.89. The van der Waals surface area contributed by atoms with Gasteiger partial charge >= 0.3 is 6.18 Å². The van der Waals surface area contributed by atoms with Crippen LogP contribution in [-0.2, 0) is 17.5 Å². The van der Waals surface area contributed by atoms with Gasteiger partial charge in [0.15, 0.2) is 0 Å². The van der Waals surface area contributed by atoms with Crippen molar-refractivity contribution in [3.63, 3.8) is 0 Å². The molecule has 1 aliphatic heterocycles. The molecule has 20 heavy (non-hydrogen) atoms. The smallest absolute Gasteiger partial charge is 0.375 e. The van der Waals surface area contributed by atoms with Crippen LogP contribution in [0, 0.1) is 0 Å². The highest BCUT2D eigenvalue weighted by Crippen LogP contribution is 2.34. The minimum absolute atomic E-state index is 0.121. The van der Waals surface area contributed by atoms with Crippen LogP contribution in [0.25, 0.3) is 0 Å². The summed E-state index contributed by atoms with van der Waals surface area (Å²) in [5, 5.41) is 0. The number of hydrogen-bond donors (Lipinski definition) is 1. The van der Waals surface area contributed by atoms with Crippen LogP contribution < -0.4 is 10.6 Å². The number of halogens is 3. The maximum Gasteiger partial charge on any atom is 0.416 e. The van der Waals surface area contributed by atoms with E-state index in [0.29, 0.717) is 19.7 Å². The van der Waals surface area contributed by atoms with E-state index in [0.717, 1.165) is 18.2 Å². The summed E-state index contributed by atoms with van der Waals surface area (Å²) in [7, 11) is 0. The summed E-state index contributed by atoms with van der Waals surface area (Å²) in [5.74, 6) is 0. The zero-order chi connectivity index (χ0) is 14.8. The van der Waals surface area contributed by atoms with Crippen molar-refractivity contribution in [2.24, 2.45) is 5.73 Å². The summed E-state index contributed by atoms with van der Waals surface area (Å²) in [6.07, 6.45) is -3.34. The maximum atomic E-state index is 12.8. The Labute approximate surface area is 116 Å². The molecule has 0 bridgehead atoms. The fourth-order valence-electron chi connectivity index (χ4n) is 2.42. The van der Waals surface area contributed by atoms with Crippen LogP contribution in [0.2, 0.25) is 0 Å². The number of rotatable bonds is 3. The lowest BCUT2D eigenvalue weighted by Gasteiger charge is -2.34. The molecular weight excluding hydrogens is 269 g/mol. The summed E-state index contributed by atoms with van der Waals surface area (Å²) in [6, 6.07) is 4.18. The number of nitrogens with zero attached hydrogens (tertiary/aromatic N) is 1. The van der Waals surface area contributed by atoms with Gasteiger partial charge in [0, 0.05) is 25.3 Å². The first-order chi connectivity index (χ1) is 9.45. The fraction of sp³-hybridized carbons (Fsp3) is 0.571. The minimum Gasteiger partial charge on any atom is -0.375 e. The Balaban J connectivity index is 2.25. The number of benzene rings is 1. The lowest BCUT2D eigenvalue weighted by Crippen LogP contribution is -2.42. The lowest BCUT2D eigenvalue weighted by atomic mass is 10.0. The first-order valence-corrected chi connectivity index (χ1v) is 6.72. The standard InChI is InChI=1S/C14H19F3N2O/c1-2-12-9-19(5-6-20-12)11-3-4-13(14(15,16)17)10(7-11)8-18/h3-4,7,12H,2,5-6,8-9,18H2,1H3. The zero-order valence-corrected chi connectivity index (χ0v) is 11.4. The largest absolute Gasteiger partial charge is 0.416 e. The third-order valence-electron chi connectivity index (χ3n) is 3.57. The van der Waals surface area contributed by atoms with Gasteiger partial charge in [-0.1, -0.05) is 6.92 Å². The highest BCUT2D eigenvalue weighted by atomic mass is 19.4. The van der Waals surface area contributed by atoms with E-state index in [2.05, 4.69) is 4.90 Å². The zero-order valence-electron chi connectivity index (χ0n) is 11.4. The number of anilines is 1. The Morgan fingerprint density at radius 1 is 1.40 bits per heavy atom. The maximum absolute atomic E-state index is 12.8. The molecule has 0 saturated carbocycles. The molecule has 1 saturated heterocycles. The van der Waals surface area contributed by atoms with E-state index in [4.69, 9.17) is 10.5 Å². The SMILES string of the molecule is CCC1CN(c2ccc(C(F)(F)F)c(CN)c2)CCO1. The van der Waals surface area contributed by atoms with E-state index in [9.17, 15) is 13.2 Å². The Hall–Kier alpha value is -1.27. The normalized spacial score (nSPS) is 20.2. The summed E-state index contributed by atoms with van der Waals surface area (Å²) < 4.78 is 44.1. The van der Waals surface area contributed by atoms with Gasteiger partial charge in [-0.2, -0.15) is 13.2 Å². The van der Waals surface area contributed by atoms with Crippen molar-refractivity contribution in [1.29, 1.82) is 0 Å². The molecule has 0 aliphatic carbocycles. The molecule has 3 nitrogen and oxygen atoms in total. The molecule has 1 aromatic carbocycles. The average Bonchev–Trinajstić information content (AvgIpc) is 2.45. The Morgan fingerprint density at radius 3 is 2.75 bits per heavy atom. The third kappa shape index (κ3) is 3.24. The van der Waals surface area contributed by atoms with E-state index in [1.807, 2.05) is 6.92 Å². The highest BCUT2D eigenvalue weighted by molar-refractivity contribution is 5.52. The molecule has 6 heteroatoms. The van der Waals surface area contributed by atoms with Crippen molar-refractivity contribution < 1.29 is 17.9 Å². The molecule has 0 radical (unpaired) electrons. The van der Waals surface area contributed by atoms with E-state index < -0.39 is 11.7 Å². The molecule has 1 unspecified atom stereocenters. The number of ether oxygens (including phenoxy) is 1. The lowest BCUT2D eigenvalue weighted by molar-refractivity contribution is -0.138. The van der Waals surface area contributed by atoms with Crippen molar-refractivity contribution in [2.75, 3.05) is 24.6 Å². The van der Waals surface area contributed by atoms with E-state index >= 15 is 0 Å². The van der Waals surface area contributed by atoms with Crippen LogP contribution in [0.4, 0.5) is 18.9 Å². The fourth-order valence-corrected chi connectivity index (χ4v) is 2.42. The Bertz CT molecular complexity index is 462. The van der Waals surface area contributed by atoms with Crippen LogP contribution in [0.15, 0.2) is 18.2 Å². The number of nitrogens with two attached hydrogens (primary N) is 1. The first kappa shape index (κ1) is 15.1. The second-order valence-electron chi connectivity index (χ2n) is 4.89. The molecule has 0 aromatic heterocycles. The van der Waals surface area contributed by atoms with Crippen molar-refractivity contribution >= 4 is 5.69 Å². The molecule has 1 atom stereocenters. The van der Waals surface area contributed by atoms with Crippen LogP contribution in [0.3, 0.4) is 0 Å². The number of morpholine rings is 1. The van der Waals surface area contributed by atoms with Gasteiger partial charge in [0.2, 0.25) is 0 Å². The van der Waals surface area contributed by atoms with Crippen LogP contribution in [0.1, 0.15) is 24.5 Å². The van der Waals surface area contributed by atoms with Gasteiger partial charge in [-0.05, 0) is 30.2 Å². The van der Waals surface area contributed by atoms with Gasteiger partial charge < -0.3 is 15.4 Å². The quantitative estimate of drug-likeness (QED) is 0.929. The highest BCUT2D eigenvalue weighted by Gasteiger charge is 2.33. The molecule has 1 aromatic rings. The molecule has 2 rings (SSSR count). The van der Waals surface area contributed by atoms with Gasteiger partial charge in [0.1, 0.15) is 0 Å². The molecule has 112 valence electrons. The molecule has 2 N–H and O–H groups in total. The summed E-state index contributed by atoms with van der Waals surface area (Å²) in [5.41, 5.74) is 5.72. The second-order valence-corrected chi connectivity index (χ2v) is 4.89. The molecule has 0 amide bonds. The topological polar surface area (TPSA) is 38.5 Å². The van der Waals surface area contributed by atoms with E-state index in [1.165, 1.54) is 6.07 Å². The predicted molar refractivity (Wildman–Crippen MR) is 71.6 cm³/mol. The second kappa shape index (κ2) is 6.01. The first-order valence-electron chi connectivity index (χ1n) is 6.72. The molecule has 1 fully saturated rings. The number of alkyl halides is 3. The van der Waals surface area contributed by atoms with E-state index in [-0.39, 0.29) is 18.2 Å². The van der Waals surface area contributed by atoms with Gasteiger partial charge in [-0.15, -0.1) is 0 Å². The van der Waals surface area contributed by atoms with Crippen molar-refractivity contribution in [2.45, 2.75) is 32.2 Å². The average molecular weight is 288 g/mol. The number of hydrogen-bond acceptors (Lipinski definition) is 3. The van der Waals surface area contributed by atoms with Gasteiger partial charge in [-0.3, -0.25) is 0 Å². The Kier molecular flexibility index (Phi) is 4.55. The van der Waals surface area contributed by atoms with Gasteiger partial charge in [-0.25, -0.2) is 0 Å². The monoisotopic (exact) mass is 288 g/mol. The molecular formula is C14H19F3N2O. The van der Waals surface area contributed by atoms with Crippen molar-refractivity contribution in [3.8, 4) is 0 Å². The molecule has 0 spiro atoms.